The fourth-order valence-corrected chi connectivity index (χ4v) is 3.64. The van der Waals surface area contributed by atoms with Gasteiger partial charge < -0.3 is 10.2 Å². The van der Waals surface area contributed by atoms with E-state index in [9.17, 15) is 5.26 Å². The first kappa shape index (κ1) is 15.5. The number of hydrogen-bond acceptors (Lipinski definition) is 4. The van der Waals surface area contributed by atoms with Crippen molar-refractivity contribution in [2.45, 2.75) is 13.0 Å². The molecule has 0 saturated carbocycles. The normalized spacial score (nSPS) is 27.4. The van der Waals surface area contributed by atoms with E-state index in [1.807, 2.05) is 0 Å². The van der Waals surface area contributed by atoms with E-state index < -0.39 is 0 Å². The number of benzene rings is 1. The van der Waals surface area contributed by atoms with Crippen LogP contribution >= 0.6 is 0 Å². The highest BCUT2D eigenvalue weighted by Gasteiger charge is 2.30. The minimum absolute atomic E-state index is 0.173. The number of piperidine rings is 1. The molecule has 4 nitrogen and oxygen atoms in total. The SMILES string of the molecule is N#CC1CN(Cc2ccccc2)CCC1CN1CCNCC1. The summed E-state index contributed by atoms with van der Waals surface area (Å²) in [6, 6.07) is 13.2. The van der Waals surface area contributed by atoms with Gasteiger partial charge in [-0.15, -0.1) is 0 Å². The van der Waals surface area contributed by atoms with E-state index in [4.69, 9.17) is 0 Å². The van der Waals surface area contributed by atoms with E-state index in [1.165, 1.54) is 5.56 Å². The van der Waals surface area contributed by atoms with Crippen molar-refractivity contribution >= 4 is 0 Å². The van der Waals surface area contributed by atoms with E-state index in [2.05, 4.69) is 51.5 Å². The predicted octanol–water partition coefficient (Wildman–Crippen LogP) is 1.55. The van der Waals surface area contributed by atoms with Crippen molar-refractivity contribution in [3.63, 3.8) is 0 Å². The Morgan fingerprint density at radius 2 is 1.86 bits per heavy atom. The molecule has 2 aliphatic heterocycles. The predicted molar refractivity (Wildman–Crippen MR) is 88.2 cm³/mol. The molecule has 4 heteroatoms. The van der Waals surface area contributed by atoms with Gasteiger partial charge in [-0.3, -0.25) is 4.90 Å². The second-order valence-corrected chi connectivity index (χ2v) is 6.56. The van der Waals surface area contributed by atoms with Gasteiger partial charge in [-0.2, -0.15) is 5.26 Å². The van der Waals surface area contributed by atoms with Gasteiger partial charge in [-0.25, -0.2) is 0 Å². The minimum atomic E-state index is 0.173. The summed E-state index contributed by atoms with van der Waals surface area (Å²) in [5, 5.41) is 13.0. The third kappa shape index (κ3) is 4.07. The molecule has 0 aliphatic carbocycles. The van der Waals surface area contributed by atoms with E-state index in [1.54, 1.807) is 0 Å². The molecule has 1 aromatic rings. The molecule has 2 heterocycles. The third-order valence-electron chi connectivity index (χ3n) is 4.96. The Morgan fingerprint density at radius 3 is 2.59 bits per heavy atom. The number of nitriles is 1. The summed E-state index contributed by atoms with van der Waals surface area (Å²) in [4.78, 5) is 4.97. The molecule has 2 aliphatic rings. The van der Waals surface area contributed by atoms with Crippen molar-refractivity contribution in [2.75, 3.05) is 45.8 Å². The molecule has 3 rings (SSSR count). The maximum Gasteiger partial charge on any atom is 0.0672 e. The van der Waals surface area contributed by atoms with Crippen molar-refractivity contribution in [1.82, 2.24) is 15.1 Å². The zero-order valence-electron chi connectivity index (χ0n) is 13.2. The van der Waals surface area contributed by atoms with Gasteiger partial charge in [0.2, 0.25) is 0 Å². The molecular weight excluding hydrogens is 272 g/mol. The van der Waals surface area contributed by atoms with Gasteiger partial charge in [0.05, 0.1) is 12.0 Å². The zero-order chi connectivity index (χ0) is 15.2. The highest BCUT2D eigenvalue weighted by Crippen LogP contribution is 2.25. The Hall–Kier alpha value is -1.41. The molecule has 0 aromatic heterocycles. The molecule has 1 aromatic carbocycles. The minimum Gasteiger partial charge on any atom is -0.314 e. The van der Waals surface area contributed by atoms with Crippen molar-refractivity contribution in [3.8, 4) is 6.07 Å². The van der Waals surface area contributed by atoms with Crippen molar-refractivity contribution < 1.29 is 0 Å². The van der Waals surface area contributed by atoms with Crippen LogP contribution in [0.3, 0.4) is 0 Å². The summed E-state index contributed by atoms with van der Waals surface area (Å²) in [5.41, 5.74) is 1.35. The molecule has 0 spiro atoms. The average molecular weight is 298 g/mol. The summed E-state index contributed by atoms with van der Waals surface area (Å²) in [5.74, 6) is 0.711. The highest BCUT2D eigenvalue weighted by atomic mass is 15.2. The largest absolute Gasteiger partial charge is 0.314 e. The van der Waals surface area contributed by atoms with Crippen LogP contribution in [0.1, 0.15) is 12.0 Å². The molecule has 2 saturated heterocycles. The second kappa shape index (κ2) is 7.73. The van der Waals surface area contributed by atoms with Gasteiger partial charge >= 0.3 is 0 Å². The number of rotatable bonds is 4. The van der Waals surface area contributed by atoms with Crippen LogP contribution in [0.2, 0.25) is 0 Å². The van der Waals surface area contributed by atoms with Gasteiger partial charge in [0, 0.05) is 45.8 Å². The van der Waals surface area contributed by atoms with Gasteiger partial charge in [0.25, 0.3) is 0 Å². The smallest absolute Gasteiger partial charge is 0.0672 e. The monoisotopic (exact) mass is 298 g/mol. The second-order valence-electron chi connectivity index (χ2n) is 6.56. The van der Waals surface area contributed by atoms with Crippen molar-refractivity contribution in [3.05, 3.63) is 35.9 Å². The first-order chi connectivity index (χ1) is 10.8. The van der Waals surface area contributed by atoms with Crippen LogP contribution in [0.4, 0.5) is 0 Å². The number of piperazine rings is 1. The molecule has 0 bridgehead atoms. The maximum absolute atomic E-state index is 9.57. The molecule has 0 radical (unpaired) electrons. The van der Waals surface area contributed by atoms with Crippen molar-refractivity contribution in [1.29, 1.82) is 5.26 Å². The standard InChI is InChI=1S/C18H26N4/c19-12-18-15-22(13-16-4-2-1-3-5-16)9-6-17(18)14-21-10-7-20-8-11-21/h1-5,17-18,20H,6-11,13-15H2. The Bertz CT molecular complexity index is 490. The third-order valence-corrected chi connectivity index (χ3v) is 4.96. The lowest BCUT2D eigenvalue weighted by molar-refractivity contribution is 0.103. The highest BCUT2D eigenvalue weighted by molar-refractivity contribution is 5.14. The molecule has 2 fully saturated rings. The molecular formula is C18H26N4. The van der Waals surface area contributed by atoms with E-state index >= 15 is 0 Å². The number of nitrogens with zero attached hydrogens (tertiary/aromatic N) is 3. The molecule has 22 heavy (non-hydrogen) atoms. The lowest BCUT2D eigenvalue weighted by Crippen LogP contribution is -2.49. The fraction of sp³-hybridized carbons (Fsp3) is 0.611. The van der Waals surface area contributed by atoms with Crippen LogP contribution in [0.15, 0.2) is 30.3 Å². The molecule has 1 N–H and O–H groups in total. The van der Waals surface area contributed by atoms with Gasteiger partial charge in [0.1, 0.15) is 0 Å². The lowest BCUT2D eigenvalue weighted by atomic mass is 9.85. The Morgan fingerprint density at radius 1 is 1.09 bits per heavy atom. The number of hydrogen-bond donors (Lipinski definition) is 1. The topological polar surface area (TPSA) is 42.3 Å². The van der Waals surface area contributed by atoms with Gasteiger partial charge in [-0.1, -0.05) is 30.3 Å². The summed E-state index contributed by atoms with van der Waals surface area (Å²) in [7, 11) is 0. The van der Waals surface area contributed by atoms with Gasteiger partial charge in [0.15, 0.2) is 0 Å². The summed E-state index contributed by atoms with van der Waals surface area (Å²) in [6.45, 7) is 8.53. The summed E-state index contributed by atoms with van der Waals surface area (Å²) >= 11 is 0. The first-order valence-electron chi connectivity index (χ1n) is 8.44. The quantitative estimate of drug-likeness (QED) is 0.916. The van der Waals surface area contributed by atoms with Crippen molar-refractivity contribution in [2.24, 2.45) is 11.8 Å². The average Bonchev–Trinajstić information content (AvgIpc) is 2.58. The first-order valence-corrected chi connectivity index (χ1v) is 8.44. The fourth-order valence-electron chi connectivity index (χ4n) is 3.64. The Balaban J connectivity index is 1.53. The van der Waals surface area contributed by atoms with E-state index in [0.717, 1.165) is 58.8 Å². The van der Waals surface area contributed by atoms with Crippen LogP contribution in [-0.4, -0.2) is 55.6 Å². The van der Waals surface area contributed by atoms with E-state index in [0.29, 0.717) is 5.92 Å². The molecule has 2 unspecified atom stereocenters. The molecule has 0 amide bonds. The number of likely N-dealkylation sites (tertiary alicyclic amines) is 1. The van der Waals surface area contributed by atoms with Gasteiger partial charge in [-0.05, 0) is 24.4 Å². The molecule has 2 atom stereocenters. The van der Waals surface area contributed by atoms with Crippen LogP contribution < -0.4 is 5.32 Å². The summed E-state index contributed by atoms with van der Waals surface area (Å²) in [6.07, 6.45) is 1.15. The molecule has 118 valence electrons. The van der Waals surface area contributed by atoms with Crippen LogP contribution in [-0.2, 0) is 6.54 Å². The Labute approximate surface area is 133 Å². The zero-order valence-corrected chi connectivity index (χ0v) is 13.2. The summed E-state index contributed by atoms with van der Waals surface area (Å²) < 4.78 is 0. The maximum atomic E-state index is 9.57. The number of nitrogens with one attached hydrogen (secondary N) is 1. The van der Waals surface area contributed by atoms with E-state index in [-0.39, 0.29) is 5.92 Å². The Kier molecular flexibility index (Phi) is 5.44. The lowest BCUT2D eigenvalue weighted by Gasteiger charge is -2.38. The van der Waals surface area contributed by atoms with Crippen LogP contribution in [0, 0.1) is 23.2 Å². The van der Waals surface area contributed by atoms with Crippen LogP contribution in [0.25, 0.3) is 0 Å². The van der Waals surface area contributed by atoms with Crippen LogP contribution in [0.5, 0.6) is 0 Å².